The lowest BCUT2D eigenvalue weighted by molar-refractivity contribution is -0.116. The molecule has 9 heteroatoms. The topological polar surface area (TPSA) is 98.0 Å². The zero-order valence-electron chi connectivity index (χ0n) is 16.5. The zero-order valence-corrected chi connectivity index (χ0v) is 18.0. The van der Waals surface area contributed by atoms with Crippen LogP contribution in [-0.2, 0) is 11.2 Å². The number of halogens is 1. The molecule has 4 aromatic rings. The minimum atomic E-state index is -0.255. The number of aryl methyl sites for hydroxylation is 1. The van der Waals surface area contributed by atoms with Crippen molar-refractivity contribution in [3.8, 4) is 22.6 Å². The fraction of sp³-hybridized carbons (Fsp3) is 0.136. The molecule has 0 saturated heterocycles. The summed E-state index contributed by atoms with van der Waals surface area (Å²) >= 11 is 7.05. The summed E-state index contributed by atoms with van der Waals surface area (Å²) in [4.78, 5) is 33.7. The Morgan fingerprint density at radius 3 is 2.48 bits per heavy atom. The van der Waals surface area contributed by atoms with Crippen LogP contribution >= 0.6 is 22.9 Å². The first-order valence-corrected chi connectivity index (χ1v) is 10.6. The van der Waals surface area contributed by atoms with E-state index in [0.717, 1.165) is 22.5 Å². The molecule has 2 heterocycles. The smallest absolute Gasteiger partial charge is 0.227 e. The molecule has 7 nitrogen and oxygen atoms in total. The van der Waals surface area contributed by atoms with E-state index in [0.29, 0.717) is 32.4 Å². The Kier molecular flexibility index (Phi) is 6.20. The summed E-state index contributed by atoms with van der Waals surface area (Å²) in [6, 6.07) is 16.5. The Balaban J connectivity index is 1.40. The van der Waals surface area contributed by atoms with E-state index < -0.39 is 0 Å². The zero-order chi connectivity index (χ0) is 21.8. The van der Waals surface area contributed by atoms with Crippen molar-refractivity contribution < 1.29 is 14.1 Å². The number of aromatic nitrogens is 3. The van der Waals surface area contributed by atoms with E-state index in [1.165, 1.54) is 6.92 Å². The summed E-state index contributed by atoms with van der Waals surface area (Å²) in [5.74, 6) is 0.436. The quantitative estimate of drug-likeness (QED) is 0.383. The Bertz CT molecular complexity index is 1220. The number of hydrogen-bond acceptors (Lipinski definition) is 7. The van der Waals surface area contributed by atoms with Crippen molar-refractivity contribution in [2.45, 2.75) is 19.8 Å². The van der Waals surface area contributed by atoms with Gasteiger partial charge in [0.25, 0.3) is 0 Å². The molecular formula is C22H17ClN4O3S. The largest absolute Gasteiger partial charge is 0.339 e. The van der Waals surface area contributed by atoms with E-state index in [1.54, 1.807) is 24.3 Å². The molecule has 0 aliphatic carbocycles. The van der Waals surface area contributed by atoms with Gasteiger partial charge in [0.1, 0.15) is 0 Å². The molecule has 0 atom stereocenters. The molecule has 0 radical (unpaired) electrons. The second-order valence-corrected chi connectivity index (χ2v) is 8.12. The van der Waals surface area contributed by atoms with Crippen LogP contribution in [0.3, 0.4) is 0 Å². The van der Waals surface area contributed by atoms with E-state index in [1.807, 2.05) is 30.3 Å². The summed E-state index contributed by atoms with van der Waals surface area (Å²) in [5, 5.41) is 7.69. The molecule has 1 N–H and O–H groups in total. The van der Waals surface area contributed by atoms with Crippen LogP contribution < -0.4 is 5.32 Å². The minimum Gasteiger partial charge on any atom is -0.339 e. The highest BCUT2D eigenvalue weighted by Crippen LogP contribution is 2.31. The number of benzene rings is 2. The molecule has 0 unspecified atom stereocenters. The molecule has 156 valence electrons. The van der Waals surface area contributed by atoms with Gasteiger partial charge in [0, 0.05) is 35.9 Å². The lowest BCUT2D eigenvalue weighted by Gasteiger charge is -1.99. The van der Waals surface area contributed by atoms with Gasteiger partial charge in [-0.1, -0.05) is 58.4 Å². The maximum Gasteiger partial charge on any atom is 0.227 e. The number of nitrogens with one attached hydrogen (secondary N) is 1. The second kappa shape index (κ2) is 9.20. The standard InChI is InChI=1S/C22H17ClN4O3S/c1-13(28)20-19(14-5-3-2-4-6-14)26-22(31-20)24-17(29)11-12-18-25-21(27-30-18)15-7-9-16(23)10-8-15/h2-10H,11-12H2,1H3,(H,24,26,29). The first-order valence-electron chi connectivity index (χ1n) is 9.45. The van der Waals surface area contributed by atoms with Crippen LogP contribution in [0.2, 0.25) is 5.02 Å². The molecule has 4 rings (SSSR count). The molecule has 2 aromatic carbocycles. The van der Waals surface area contributed by atoms with E-state index in [9.17, 15) is 9.59 Å². The number of anilines is 1. The average molecular weight is 453 g/mol. The van der Waals surface area contributed by atoms with Gasteiger partial charge in [-0.15, -0.1) is 0 Å². The second-order valence-electron chi connectivity index (χ2n) is 6.69. The molecule has 2 aromatic heterocycles. The molecule has 31 heavy (non-hydrogen) atoms. The van der Waals surface area contributed by atoms with Gasteiger partial charge in [0.05, 0.1) is 10.6 Å². The Hall–Kier alpha value is -3.36. The van der Waals surface area contributed by atoms with Crippen molar-refractivity contribution in [3.63, 3.8) is 0 Å². The number of nitrogens with zero attached hydrogens (tertiary/aromatic N) is 3. The first-order chi connectivity index (χ1) is 15.0. The normalized spacial score (nSPS) is 10.8. The van der Waals surface area contributed by atoms with Crippen molar-refractivity contribution in [1.82, 2.24) is 15.1 Å². The Labute approximate surface area is 187 Å². The van der Waals surface area contributed by atoms with Crippen molar-refractivity contribution >= 4 is 39.8 Å². The first kappa shape index (κ1) is 20.9. The summed E-state index contributed by atoms with van der Waals surface area (Å²) in [6.45, 7) is 1.49. The molecular weight excluding hydrogens is 436 g/mol. The molecule has 0 aliphatic heterocycles. The monoisotopic (exact) mass is 452 g/mol. The average Bonchev–Trinajstić information content (AvgIpc) is 3.41. The van der Waals surface area contributed by atoms with E-state index in [-0.39, 0.29) is 24.5 Å². The Morgan fingerprint density at radius 1 is 1.03 bits per heavy atom. The number of carbonyl (C=O) groups is 2. The van der Waals surface area contributed by atoms with Gasteiger partial charge in [-0.3, -0.25) is 9.59 Å². The molecule has 0 bridgehead atoms. The third kappa shape index (κ3) is 5.04. The summed E-state index contributed by atoms with van der Waals surface area (Å²) in [5.41, 5.74) is 2.17. The van der Waals surface area contributed by atoms with Crippen molar-refractivity contribution in [2.75, 3.05) is 5.32 Å². The molecule has 0 saturated carbocycles. The van der Waals surface area contributed by atoms with Gasteiger partial charge >= 0.3 is 0 Å². The summed E-state index contributed by atoms with van der Waals surface area (Å²) in [6.07, 6.45) is 0.417. The van der Waals surface area contributed by atoms with Gasteiger partial charge in [-0.25, -0.2) is 4.98 Å². The third-order valence-corrected chi connectivity index (χ3v) is 5.70. The van der Waals surface area contributed by atoms with Crippen molar-refractivity contribution in [1.29, 1.82) is 0 Å². The SMILES string of the molecule is CC(=O)c1sc(NC(=O)CCc2nc(-c3ccc(Cl)cc3)no2)nc1-c1ccccc1. The van der Waals surface area contributed by atoms with Crippen molar-refractivity contribution in [3.05, 3.63) is 70.4 Å². The number of thiazole rings is 1. The maximum atomic E-state index is 12.4. The van der Waals surface area contributed by atoms with Crippen LogP contribution in [0.1, 0.15) is 28.9 Å². The highest BCUT2D eigenvalue weighted by atomic mass is 35.5. The number of amides is 1. The number of rotatable bonds is 7. The highest BCUT2D eigenvalue weighted by molar-refractivity contribution is 7.18. The van der Waals surface area contributed by atoms with E-state index in [2.05, 4.69) is 20.4 Å². The minimum absolute atomic E-state index is 0.0996. The van der Waals surface area contributed by atoms with Crippen LogP contribution in [0.15, 0.2) is 59.1 Å². The molecule has 1 amide bonds. The Morgan fingerprint density at radius 2 is 1.77 bits per heavy atom. The number of carbonyl (C=O) groups excluding carboxylic acids is 2. The van der Waals surface area contributed by atoms with Gasteiger partial charge in [-0.2, -0.15) is 4.98 Å². The number of Topliss-reactive ketones (excluding diaryl/α,β-unsaturated/α-hetero) is 1. The van der Waals surface area contributed by atoms with Gasteiger partial charge < -0.3 is 9.84 Å². The number of hydrogen-bond donors (Lipinski definition) is 1. The van der Waals surface area contributed by atoms with Crippen LogP contribution in [-0.4, -0.2) is 26.8 Å². The third-order valence-electron chi connectivity index (χ3n) is 4.38. The van der Waals surface area contributed by atoms with Gasteiger partial charge in [-0.05, 0) is 24.3 Å². The van der Waals surface area contributed by atoms with E-state index in [4.69, 9.17) is 16.1 Å². The molecule has 0 aliphatic rings. The summed E-state index contributed by atoms with van der Waals surface area (Å²) < 4.78 is 5.23. The predicted octanol–water partition coefficient (Wildman–Crippen LogP) is 5.29. The predicted molar refractivity (Wildman–Crippen MR) is 119 cm³/mol. The highest BCUT2D eigenvalue weighted by Gasteiger charge is 2.18. The maximum absolute atomic E-state index is 12.4. The lowest BCUT2D eigenvalue weighted by Crippen LogP contribution is -2.12. The fourth-order valence-electron chi connectivity index (χ4n) is 2.88. The van der Waals surface area contributed by atoms with Crippen molar-refractivity contribution in [2.24, 2.45) is 0 Å². The van der Waals surface area contributed by atoms with Crippen LogP contribution in [0.25, 0.3) is 22.6 Å². The van der Waals surface area contributed by atoms with Gasteiger partial charge in [0.2, 0.25) is 17.6 Å². The molecule has 0 fully saturated rings. The fourth-order valence-corrected chi connectivity index (χ4v) is 3.90. The lowest BCUT2D eigenvalue weighted by atomic mass is 10.1. The van der Waals surface area contributed by atoms with E-state index >= 15 is 0 Å². The van der Waals surface area contributed by atoms with Crippen LogP contribution in [0, 0.1) is 0 Å². The number of ketones is 1. The molecule has 0 spiro atoms. The summed E-state index contributed by atoms with van der Waals surface area (Å²) in [7, 11) is 0. The van der Waals surface area contributed by atoms with Crippen LogP contribution in [0.4, 0.5) is 5.13 Å². The van der Waals surface area contributed by atoms with Crippen LogP contribution in [0.5, 0.6) is 0 Å². The van der Waals surface area contributed by atoms with Gasteiger partial charge in [0.15, 0.2) is 10.9 Å².